The molecule has 0 atom stereocenters. The molecule has 0 unspecified atom stereocenters. The fourth-order valence-corrected chi connectivity index (χ4v) is 2.06. The second-order valence-corrected chi connectivity index (χ2v) is 5.09. The largest absolute Gasteiger partial charge is 0.385 e. The van der Waals surface area contributed by atoms with Crippen molar-refractivity contribution in [2.24, 2.45) is 0 Å². The highest BCUT2D eigenvalue weighted by Crippen LogP contribution is 2.08. The van der Waals surface area contributed by atoms with Gasteiger partial charge in [-0.05, 0) is 24.5 Å². The molecule has 1 rings (SSSR count). The van der Waals surface area contributed by atoms with Gasteiger partial charge in [0.15, 0.2) is 0 Å². The molecule has 0 aliphatic rings. The summed E-state index contributed by atoms with van der Waals surface area (Å²) in [5, 5.41) is 3.29. The lowest BCUT2D eigenvalue weighted by molar-refractivity contribution is 0.129. The molecule has 0 saturated heterocycles. The molecule has 0 aliphatic carbocycles. The van der Waals surface area contributed by atoms with E-state index in [9.17, 15) is 0 Å². The smallest absolute Gasteiger partial charge is 0.125 e. The zero-order valence-corrected chi connectivity index (χ0v) is 13.6. The summed E-state index contributed by atoms with van der Waals surface area (Å²) < 4.78 is 10.3. The zero-order chi connectivity index (χ0) is 15.3. The number of hydrogen-bond donors (Lipinski definition) is 1. The third kappa shape index (κ3) is 7.99. The number of aromatic nitrogens is 1. The van der Waals surface area contributed by atoms with Crippen LogP contribution in [0.3, 0.4) is 0 Å². The van der Waals surface area contributed by atoms with Crippen molar-refractivity contribution in [3.63, 3.8) is 0 Å². The van der Waals surface area contributed by atoms with E-state index in [0.29, 0.717) is 0 Å². The number of nitrogens with one attached hydrogen (secondary N) is 1. The first-order valence-corrected chi connectivity index (χ1v) is 7.69. The van der Waals surface area contributed by atoms with Gasteiger partial charge in [-0.2, -0.15) is 0 Å². The molecule has 21 heavy (non-hydrogen) atoms. The van der Waals surface area contributed by atoms with Gasteiger partial charge >= 0.3 is 0 Å². The standard InChI is InChI=1S/C16H29N3O2/c1-4-8-17-16-7-6-15(13-18-16)14-19(10-12-21-3)9-5-11-20-2/h6-7,13H,4-5,8-12,14H2,1-3H3,(H,17,18). The van der Waals surface area contributed by atoms with Crippen LogP contribution in [0.15, 0.2) is 18.3 Å². The van der Waals surface area contributed by atoms with Gasteiger partial charge < -0.3 is 14.8 Å². The van der Waals surface area contributed by atoms with Crippen molar-refractivity contribution in [3.05, 3.63) is 23.9 Å². The molecule has 0 fully saturated rings. The van der Waals surface area contributed by atoms with Crippen LogP contribution in [0.4, 0.5) is 5.82 Å². The SMILES string of the molecule is CCCNc1ccc(CN(CCCOC)CCOC)cn1. The average Bonchev–Trinajstić information content (AvgIpc) is 2.52. The summed E-state index contributed by atoms with van der Waals surface area (Å²) in [5.41, 5.74) is 1.23. The third-order valence-corrected chi connectivity index (χ3v) is 3.22. The molecule has 0 aliphatic heterocycles. The fourth-order valence-electron chi connectivity index (χ4n) is 2.06. The second-order valence-electron chi connectivity index (χ2n) is 5.09. The van der Waals surface area contributed by atoms with Crippen LogP contribution in [0.1, 0.15) is 25.3 Å². The molecule has 0 amide bonds. The van der Waals surface area contributed by atoms with Gasteiger partial charge in [-0.15, -0.1) is 0 Å². The predicted octanol–water partition coefficient (Wildman–Crippen LogP) is 2.39. The van der Waals surface area contributed by atoms with E-state index in [-0.39, 0.29) is 0 Å². The molecule has 1 aromatic rings. The quantitative estimate of drug-likeness (QED) is 0.600. The van der Waals surface area contributed by atoms with Crippen molar-refractivity contribution in [3.8, 4) is 0 Å². The lowest BCUT2D eigenvalue weighted by Crippen LogP contribution is -2.28. The maximum atomic E-state index is 5.18. The van der Waals surface area contributed by atoms with Crippen molar-refractivity contribution >= 4 is 5.82 Å². The number of nitrogens with zero attached hydrogens (tertiary/aromatic N) is 2. The molecule has 1 aromatic heterocycles. The molecule has 120 valence electrons. The summed E-state index contributed by atoms with van der Waals surface area (Å²) in [6, 6.07) is 4.19. The summed E-state index contributed by atoms with van der Waals surface area (Å²) >= 11 is 0. The van der Waals surface area contributed by atoms with E-state index >= 15 is 0 Å². The highest BCUT2D eigenvalue weighted by molar-refractivity contribution is 5.35. The van der Waals surface area contributed by atoms with Crippen LogP contribution < -0.4 is 5.32 Å². The van der Waals surface area contributed by atoms with E-state index in [2.05, 4.69) is 34.3 Å². The molecule has 5 nitrogen and oxygen atoms in total. The van der Waals surface area contributed by atoms with Crippen LogP contribution in [0, 0.1) is 0 Å². The predicted molar refractivity (Wildman–Crippen MR) is 86.7 cm³/mol. The van der Waals surface area contributed by atoms with Crippen molar-refractivity contribution in [2.45, 2.75) is 26.3 Å². The highest BCUT2D eigenvalue weighted by Gasteiger charge is 2.06. The maximum Gasteiger partial charge on any atom is 0.125 e. The molecule has 0 radical (unpaired) electrons. The molecule has 0 saturated carbocycles. The Hall–Kier alpha value is -1.17. The number of rotatable bonds is 12. The van der Waals surface area contributed by atoms with E-state index in [1.807, 2.05) is 6.20 Å². The normalized spacial score (nSPS) is 11.0. The van der Waals surface area contributed by atoms with Crippen LogP contribution in [0.25, 0.3) is 0 Å². The van der Waals surface area contributed by atoms with Gasteiger partial charge in [0.1, 0.15) is 5.82 Å². The summed E-state index contributed by atoms with van der Waals surface area (Å²) in [6.45, 7) is 7.48. The van der Waals surface area contributed by atoms with Crippen LogP contribution in [0.5, 0.6) is 0 Å². The summed E-state index contributed by atoms with van der Waals surface area (Å²) in [5.74, 6) is 0.948. The van der Waals surface area contributed by atoms with Gasteiger partial charge in [0, 0.05) is 53.2 Å². The van der Waals surface area contributed by atoms with E-state index < -0.39 is 0 Å². The molecule has 0 spiro atoms. The Balaban J connectivity index is 2.47. The van der Waals surface area contributed by atoms with E-state index in [1.165, 1.54) is 5.56 Å². The molecule has 5 heteroatoms. The average molecular weight is 295 g/mol. The number of methoxy groups -OCH3 is 2. The first-order chi connectivity index (χ1) is 10.3. The van der Waals surface area contributed by atoms with E-state index in [4.69, 9.17) is 9.47 Å². The van der Waals surface area contributed by atoms with Crippen molar-refractivity contribution in [2.75, 3.05) is 52.4 Å². The number of anilines is 1. The second kappa shape index (κ2) is 11.5. The molecular formula is C16H29N3O2. The Bertz CT molecular complexity index is 357. The Kier molecular flexibility index (Phi) is 9.78. The summed E-state index contributed by atoms with van der Waals surface area (Å²) in [6.07, 6.45) is 4.09. The van der Waals surface area contributed by atoms with Crippen LogP contribution in [-0.4, -0.2) is 57.0 Å². The van der Waals surface area contributed by atoms with Gasteiger partial charge in [0.2, 0.25) is 0 Å². The topological polar surface area (TPSA) is 46.6 Å². The van der Waals surface area contributed by atoms with E-state index in [1.54, 1.807) is 14.2 Å². The first-order valence-electron chi connectivity index (χ1n) is 7.69. The monoisotopic (exact) mass is 295 g/mol. The minimum atomic E-state index is 0.747. The van der Waals surface area contributed by atoms with Crippen LogP contribution in [-0.2, 0) is 16.0 Å². The molecule has 1 N–H and O–H groups in total. The molecule has 0 bridgehead atoms. The van der Waals surface area contributed by atoms with E-state index in [0.717, 1.165) is 58.1 Å². The van der Waals surface area contributed by atoms with Gasteiger partial charge in [0.25, 0.3) is 0 Å². The maximum absolute atomic E-state index is 5.18. The molecular weight excluding hydrogens is 266 g/mol. The van der Waals surface area contributed by atoms with Crippen LogP contribution >= 0.6 is 0 Å². The molecule has 0 aromatic carbocycles. The number of ether oxygens (including phenoxy) is 2. The first kappa shape index (κ1) is 17.9. The number of hydrogen-bond acceptors (Lipinski definition) is 5. The van der Waals surface area contributed by atoms with Crippen molar-refractivity contribution in [1.82, 2.24) is 9.88 Å². The number of pyridine rings is 1. The Morgan fingerprint density at radius 1 is 1.14 bits per heavy atom. The highest BCUT2D eigenvalue weighted by atomic mass is 16.5. The van der Waals surface area contributed by atoms with Crippen molar-refractivity contribution in [1.29, 1.82) is 0 Å². The zero-order valence-electron chi connectivity index (χ0n) is 13.6. The lowest BCUT2D eigenvalue weighted by Gasteiger charge is -2.21. The minimum absolute atomic E-state index is 0.747. The summed E-state index contributed by atoms with van der Waals surface area (Å²) in [7, 11) is 3.48. The van der Waals surface area contributed by atoms with Gasteiger partial charge in [-0.25, -0.2) is 4.98 Å². The Morgan fingerprint density at radius 2 is 1.95 bits per heavy atom. The Morgan fingerprint density at radius 3 is 2.57 bits per heavy atom. The molecule has 1 heterocycles. The van der Waals surface area contributed by atoms with Gasteiger partial charge in [0.05, 0.1) is 6.61 Å². The Labute approximate surface area is 128 Å². The third-order valence-electron chi connectivity index (χ3n) is 3.22. The van der Waals surface area contributed by atoms with Gasteiger partial charge in [-0.1, -0.05) is 13.0 Å². The summed E-state index contributed by atoms with van der Waals surface area (Å²) in [4.78, 5) is 6.83. The van der Waals surface area contributed by atoms with Crippen molar-refractivity contribution < 1.29 is 9.47 Å². The van der Waals surface area contributed by atoms with Gasteiger partial charge in [-0.3, -0.25) is 4.90 Å². The lowest BCUT2D eigenvalue weighted by atomic mass is 10.2. The fraction of sp³-hybridized carbons (Fsp3) is 0.688. The minimum Gasteiger partial charge on any atom is -0.385 e. The van der Waals surface area contributed by atoms with Crippen LogP contribution in [0.2, 0.25) is 0 Å².